The van der Waals surface area contributed by atoms with Gasteiger partial charge in [0, 0.05) is 6.04 Å². The minimum absolute atomic E-state index is 0.0165. The van der Waals surface area contributed by atoms with Gasteiger partial charge in [-0.1, -0.05) is 6.92 Å². The van der Waals surface area contributed by atoms with E-state index in [1.54, 1.807) is 0 Å². The van der Waals surface area contributed by atoms with Crippen LogP contribution < -0.4 is 0 Å². The van der Waals surface area contributed by atoms with Crippen LogP contribution in [0.4, 0.5) is 0 Å². The topological polar surface area (TPSA) is 66.8 Å². The van der Waals surface area contributed by atoms with Crippen LogP contribution in [-0.2, 0) is 14.3 Å². The SMILES string of the molecule is CCC(C)N(CC(=O)O)C(=O)C1CC2CCC1O2. The fourth-order valence-electron chi connectivity index (χ4n) is 2.93. The third-order valence-electron chi connectivity index (χ3n) is 4.13. The molecule has 0 aromatic heterocycles. The van der Waals surface area contributed by atoms with Crippen molar-refractivity contribution in [3.63, 3.8) is 0 Å². The second-order valence-corrected chi connectivity index (χ2v) is 5.33. The molecule has 2 saturated heterocycles. The molecule has 2 heterocycles. The van der Waals surface area contributed by atoms with Gasteiger partial charge in [-0.05, 0) is 32.6 Å². The summed E-state index contributed by atoms with van der Waals surface area (Å²) >= 11 is 0. The fraction of sp³-hybridized carbons (Fsp3) is 0.846. The lowest BCUT2D eigenvalue weighted by Crippen LogP contribution is -2.46. The summed E-state index contributed by atoms with van der Waals surface area (Å²) in [7, 11) is 0. The summed E-state index contributed by atoms with van der Waals surface area (Å²) in [6.07, 6.45) is 3.73. The minimum Gasteiger partial charge on any atom is -0.480 e. The van der Waals surface area contributed by atoms with Gasteiger partial charge in [0.05, 0.1) is 18.1 Å². The van der Waals surface area contributed by atoms with Gasteiger partial charge in [-0.15, -0.1) is 0 Å². The number of aliphatic carboxylic acids is 1. The number of carbonyl (C=O) groups excluding carboxylic acids is 1. The van der Waals surface area contributed by atoms with E-state index < -0.39 is 5.97 Å². The van der Waals surface area contributed by atoms with Gasteiger partial charge in [-0.25, -0.2) is 0 Å². The van der Waals surface area contributed by atoms with Crippen molar-refractivity contribution in [1.29, 1.82) is 0 Å². The molecule has 4 unspecified atom stereocenters. The first-order chi connectivity index (χ1) is 8.52. The van der Waals surface area contributed by atoms with Crippen molar-refractivity contribution in [2.75, 3.05) is 6.54 Å². The number of hydrogen-bond acceptors (Lipinski definition) is 3. The van der Waals surface area contributed by atoms with E-state index in [0.717, 1.165) is 25.7 Å². The van der Waals surface area contributed by atoms with Crippen LogP contribution in [-0.4, -0.2) is 46.7 Å². The predicted molar refractivity (Wildman–Crippen MR) is 65.1 cm³/mol. The molecular weight excluding hydrogens is 234 g/mol. The van der Waals surface area contributed by atoms with Crippen LogP contribution in [0.15, 0.2) is 0 Å². The summed E-state index contributed by atoms with van der Waals surface area (Å²) < 4.78 is 5.68. The summed E-state index contributed by atoms with van der Waals surface area (Å²) in [6.45, 7) is 3.65. The zero-order valence-electron chi connectivity index (χ0n) is 11.0. The highest BCUT2D eigenvalue weighted by atomic mass is 16.5. The molecule has 0 radical (unpaired) electrons. The Hall–Kier alpha value is -1.10. The Balaban J connectivity index is 2.05. The summed E-state index contributed by atoms with van der Waals surface area (Å²) in [4.78, 5) is 24.8. The first-order valence-corrected chi connectivity index (χ1v) is 6.70. The maximum absolute atomic E-state index is 12.5. The Morgan fingerprint density at radius 2 is 2.17 bits per heavy atom. The van der Waals surface area contributed by atoms with Crippen molar-refractivity contribution in [3.05, 3.63) is 0 Å². The van der Waals surface area contributed by atoms with Gasteiger partial charge in [0.2, 0.25) is 5.91 Å². The third-order valence-corrected chi connectivity index (χ3v) is 4.13. The van der Waals surface area contributed by atoms with E-state index in [4.69, 9.17) is 9.84 Å². The summed E-state index contributed by atoms with van der Waals surface area (Å²) in [5, 5.41) is 8.93. The Labute approximate surface area is 107 Å². The largest absolute Gasteiger partial charge is 0.480 e. The summed E-state index contributed by atoms with van der Waals surface area (Å²) in [6, 6.07) is -0.0345. The normalized spacial score (nSPS) is 31.3. The zero-order valence-corrected chi connectivity index (χ0v) is 11.0. The van der Waals surface area contributed by atoms with Crippen molar-refractivity contribution in [1.82, 2.24) is 4.90 Å². The van der Waals surface area contributed by atoms with Crippen molar-refractivity contribution < 1.29 is 19.4 Å². The monoisotopic (exact) mass is 255 g/mol. The molecule has 2 fully saturated rings. The van der Waals surface area contributed by atoms with Crippen LogP contribution in [0.2, 0.25) is 0 Å². The van der Waals surface area contributed by atoms with Crippen molar-refractivity contribution >= 4 is 11.9 Å². The number of nitrogens with zero attached hydrogens (tertiary/aromatic N) is 1. The molecule has 0 spiro atoms. The van der Waals surface area contributed by atoms with E-state index in [-0.39, 0.29) is 36.6 Å². The van der Waals surface area contributed by atoms with Crippen LogP contribution >= 0.6 is 0 Å². The number of ether oxygens (including phenoxy) is 1. The highest BCUT2D eigenvalue weighted by Gasteiger charge is 2.46. The lowest BCUT2D eigenvalue weighted by molar-refractivity contribution is -0.149. The number of fused-ring (bicyclic) bond motifs is 2. The van der Waals surface area contributed by atoms with E-state index in [1.165, 1.54) is 4.90 Å². The van der Waals surface area contributed by atoms with Crippen molar-refractivity contribution in [2.24, 2.45) is 5.92 Å². The van der Waals surface area contributed by atoms with Crippen LogP contribution in [0.25, 0.3) is 0 Å². The number of rotatable bonds is 5. The van der Waals surface area contributed by atoms with E-state index in [9.17, 15) is 9.59 Å². The second kappa shape index (κ2) is 5.26. The smallest absolute Gasteiger partial charge is 0.323 e. The molecule has 5 nitrogen and oxygen atoms in total. The Kier molecular flexibility index (Phi) is 3.90. The molecule has 2 aliphatic heterocycles. The molecule has 0 saturated carbocycles. The Morgan fingerprint density at radius 1 is 1.44 bits per heavy atom. The minimum atomic E-state index is -0.951. The molecule has 0 aromatic rings. The van der Waals surface area contributed by atoms with E-state index in [1.807, 2.05) is 13.8 Å². The summed E-state index contributed by atoms with van der Waals surface area (Å²) in [5.41, 5.74) is 0. The Morgan fingerprint density at radius 3 is 2.61 bits per heavy atom. The van der Waals surface area contributed by atoms with E-state index >= 15 is 0 Å². The molecule has 18 heavy (non-hydrogen) atoms. The van der Waals surface area contributed by atoms with E-state index in [0.29, 0.717) is 0 Å². The molecule has 0 aromatic carbocycles. The summed E-state index contributed by atoms with van der Waals surface area (Å²) in [5.74, 6) is -1.12. The molecule has 4 atom stereocenters. The van der Waals surface area contributed by atoms with E-state index in [2.05, 4.69) is 0 Å². The molecule has 2 bridgehead atoms. The van der Waals surface area contributed by atoms with Crippen LogP contribution in [0.3, 0.4) is 0 Å². The van der Waals surface area contributed by atoms with Crippen molar-refractivity contribution in [3.8, 4) is 0 Å². The highest BCUT2D eigenvalue weighted by Crippen LogP contribution is 2.39. The van der Waals surface area contributed by atoms with Gasteiger partial charge >= 0.3 is 5.97 Å². The fourth-order valence-corrected chi connectivity index (χ4v) is 2.93. The molecule has 5 heteroatoms. The molecule has 0 aliphatic carbocycles. The standard InChI is InChI=1S/C13H21NO4/c1-3-8(2)14(7-12(15)16)13(17)10-6-9-4-5-11(10)18-9/h8-11H,3-7H2,1-2H3,(H,15,16). The van der Waals surface area contributed by atoms with Gasteiger partial charge < -0.3 is 14.7 Å². The maximum atomic E-state index is 12.5. The first kappa shape index (κ1) is 13.3. The molecule has 102 valence electrons. The average Bonchev–Trinajstić information content (AvgIpc) is 2.96. The number of hydrogen-bond donors (Lipinski definition) is 1. The second-order valence-electron chi connectivity index (χ2n) is 5.33. The maximum Gasteiger partial charge on any atom is 0.323 e. The molecule has 2 rings (SSSR count). The lowest BCUT2D eigenvalue weighted by Gasteiger charge is -2.31. The molecular formula is C13H21NO4. The Bertz CT molecular complexity index is 344. The average molecular weight is 255 g/mol. The third kappa shape index (κ3) is 2.51. The highest BCUT2D eigenvalue weighted by molar-refractivity contribution is 5.84. The zero-order chi connectivity index (χ0) is 13.3. The number of amides is 1. The van der Waals surface area contributed by atoms with Crippen molar-refractivity contribution in [2.45, 2.75) is 57.8 Å². The van der Waals surface area contributed by atoms with Gasteiger partial charge in [-0.2, -0.15) is 0 Å². The molecule has 2 aliphatic rings. The molecule has 1 amide bonds. The number of carboxylic acid groups (broad SMARTS) is 1. The number of carboxylic acids is 1. The van der Waals surface area contributed by atoms with Gasteiger partial charge in [-0.3, -0.25) is 9.59 Å². The van der Waals surface area contributed by atoms with Gasteiger partial charge in [0.1, 0.15) is 6.54 Å². The van der Waals surface area contributed by atoms with Crippen LogP contribution in [0.5, 0.6) is 0 Å². The quantitative estimate of drug-likeness (QED) is 0.803. The van der Waals surface area contributed by atoms with Gasteiger partial charge in [0.15, 0.2) is 0 Å². The first-order valence-electron chi connectivity index (χ1n) is 6.70. The molecule has 1 N–H and O–H groups in total. The van der Waals surface area contributed by atoms with Gasteiger partial charge in [0.25, 0.3) is 0 Å². The predicted octanol–water partition coefficient (Wildman–Crippen LogP) is 1.27. The van der Waals surface area contributed by atoms with Crippen LogP contribution in [0.1, 0.15) is 39.5 Å². The lowest BCUT2D eigenvalue weighted by atomic mass is 9.88. The number of carbonyl (C=O) groups is 2. The van der Waals surface area contributed by atoms with Crippen LogP contribution in [0, 0.1) is 5.92 Å².